The van der Waals surface area contributed by atoms with Crippen molar-refractivity contribution in [2.24, 2.45) is 16.1 Å². The molecule has 0 bridgehead atoms. The van der Waals surface area contributed by atoms with Gasteiger partial charge in [-0.05, 0) is 17.7 Å². The standard InChI is InChI=1S/C7H9F2N6OP/c8-6-1-4(14-15-10)2-7(9)5(6)3-13-17(11,12)16/h1-2H,3H2,(H5,11,12,13,16). The molecular formula is C7H9F2N6OP. The molecule has 0 radical (unpaired) electrons. The van der Waals surface area contributed by atoms with Crippen LogP contribution in [0.1, 0.15) is 5.56 Å². The van der Waals surface area contributed by atoms with Gasteiger partial charge in [0.15, 0.2) is 0 Å². The third-order valence-electron chi connectivity index (χ3n) is 1.79. The number of nitrogens with one attached hydrogen (secondary N) is 1. The molecule has 10 heteroatoms. The van der Waals surface area contributed by atoms with Crippen LogP contribution in [0.5, 0.6) is 0 Å². The third-order valence-corrected chi connectivity index (χ3v) is 2.44. The van der Waals surface area contributed by atoms with Crippen LogP contribution >= 0.6 is 7.59 Å². The molecule has 0 aliphatic heterocycles. The number of azide groups is 1. The second-order valence-corrected chi connectivity index (χ2v) is 4.86. The van der Waals surface area contributed by atoms with E-state index in [0.29, 0.717) is 0 Å². The van der Waals surface area contributed by atoms with Crippen LogP contribution in [0.15, 0.2) is 17.2 Å². The maximum Gasteiger partial charge on any atom is 0.274 e. The second-order valence-electron chi connectivity index (χ2n) is 3.12. The van der Waals surface area contributed by atoms with E-state index in [2.05, 4.69) is 15.1 Å². The lowest BCUT2D eigenvalue weighted by atomic mass is 10.2. The van der Waals surface area contributed by atoms with Crippen molar-refractivity contribution in [2.45, 2.75) is 6.54 Å². The Hall–Kier alpha value is -1.50. The highest BCUT2D eigenvalue weighted by Gasteiger charge is 2.14. The second kappa shape index (κ2) is 5.22. The van der Waals surface area contributed by atoms with Crippen molar-refractivity contribution in [3.63, 3.8) is 0 Å². The molecule has 0 atom stereocenters. The Balaban J connectivity index is 3.02. The fourth-order valence-electron chi connectivity index (χ4n) is 1.07. The molecule has 0 aliphatic carbocycles. The minimum absolute atomic E-state index is 0.199. The van der Waals surface area contributed by atoms with Gasteiger partial charge < -0.3 is 0 Å². The molecule has 1 aromatic carbocycles. The Bertz CT molecular complexity index is 500. The SMILES string of the molecule is [N-]=[N+]=Nc1cc(F)c(CNP(N)(N)=O)c(F)c1. The summed E-state index contributed by atoms with van der Waals surface area (Å²) in [6.45, 7) is -0.432. The van der Waals surface area contributed by atoms with E-state index in [4.69, 9.17) is 16.5 Å². The average Bonchev–Trinajstić information content (AvgIpc) is 2.14. The van der Waals surface area contributed by atoms with E-state index in [1.54, 1.807) is 0 Å². The molecule has 92 valence electrons. The van der Waals surface area contributed by atoms with Crippen LogP contribution in [0.25, 0.3) is 10.4 Å². The van der Waals surface area contributed by atoms with E-state index in [9.17, 15) is 13.3 Å². The van der Waals surface area contributed by atoms with Gasteiger partial charge in [0.1, 0.15) is 11.6 Å². The Morgan fingerprint density at radius 1 is 1.41 bits per heavy atom. The summed E-state index contributed by atoms with van der Waals surface area (Å²) in [6, 6.07) is 1.69. The maximum atomic E-state index is 13.4. The normalized spacial score (nSPS) is 11.1. The number of rotatable bonds is 4. The van der Waals surface area contributed by atoms with E-state index in [-0.39, 0.29) is 5.69 Å². The van der Waals surface area contributed by atoms with Crippen LogP contribution in [0.3, 0.4) is 0 Å². The van der Waals surface area contributed by atoms with Gasteiger partial charge in [-0.1, -0.05) is 5.11 Å². The van der Waals surface area contributed by atoms with Crippen LogP contribution in [-0.2, 0) is 11.1 Å². The van der Waals surface area contributed by atoms with Gasteiger partial charge in [-0.3, -0.25) is 15.6 Å². The molecule has 0 aliphatic rings. The van der Waals surface area contributed by atoms with Crippen LogP contribution in [0.2, 0.25) is 0 Å². The summed E-state index contributed by atoms with van der Waals surface area (Å²) >= 11 is 0. The largest absolute Gasteiger partial charge is 0.274 e. The van der Waals surface area contributed by atoms with Gasteiger partial charge in [-0.2, -0.15) is 0 Å². The number of benzene rings is 1. The molecule has 0 heterocycles. The quantitative estimate of drug-likeness (QED) is 0.331. The van der Waals surface area contributed by atoms with Crippen LogP contribution in [0.4, 0.5) is 14.5 Å². The predicted molar refractivity (Wildman–Crippen MR) is 58.0 cm³/mol. The van der Waals surface area contributed by atoms with Gasteiger partial charge in [0.05, 0.1) is 0 Å². The van der Waals surface area contributed by atoms with Gasteiger partial charge in [-0.25, -0.2) is 13.9 Å². The van der Waals surface area contributed by atoms with E-state index in [1.807, 2.05) is 0 Å². The summed E-state index contributed by atoms with van der Waals surface area (Å²) < 4.78 is 37.7. The number of halogens is 2. The lowest BCUT2D eigenvalue weighted by Crippen LogP contribution is -2.22. The number of nitrogens with two attached hydrogens (primary N) is 2. The van der Waals surface area contributed by atoms with E-state index in [0.717, 1.165) is 12.1 Å². The number of hydrogen-bond donors (Lipinski definition) is 3. The van der Waals surface area contributed by atoms with Crippen molar-refractivity contribution >= 4 is 13.3 Å². The highest BCUT2D eigenvalue weighted by atomic mass is 31.2. The molecule has 0 amide bonds. The fraction of sp³-hybridized carbons (Fsp3) is 0.143. The van der Waals surface area contributed by atoms with Crippen molar-refractivity contribution in [2.75, 3.05) is 0 Å². The molecule has 0 saturated heterocycles. The minimum atomic E-state index is -3.56. The van der Waals surface area contributed by atoms with E-state index >= 15 is 0 Å². The summed E-state index contributed by atoms with van der Waals surface area (Å²) in [5.74, 6) is -1.90. The molecule has 7 nitrogen and oxygen atoms in total. The topological polar surface area (TPSA) is 130 Å². The molecule has 0 fully saturated rings. The smallest absolute Gasteiger partial charge is 0.271 e. The van der Waals surface area contributed by atoms with Crippen molar-refractivity contribution in [1.29, 1.82) is 0 Å². The monoisotopic (exact) mass is 262 g/mol. The lowest BCUT2D eigenvalue weighted by Gasteiger charge is -2.10. The average molecular weight is 262 g/mol. The summed E-state index contributed by atoms with van der Waals surface area (Å²) in [4.78, 5) is 2.39. The summed E-state index contributed by atoms with van der Waals surface area (Å²) in [6.07, 6.45) is 0. The van der Waals surface area contributed by atoms with E-state index in [1.165, 1.54) is 0 Å². The molecule has 0 aromatic heterocycles. The van der Waals surface area contributed by atoms with Gasteiger partial charge in [0, 0.05) is 22.7 Å². The first-order chi connectivity index (χ1) is 7.83. The maximum absolute atomic E-state index is 13.4. The van der Waals surface area contributed by atoms with Crippen molar-refractivity contribution < 1.29 is 13.3 Å². The Kier molecular flexibility index (Phi) is 4.17. The summed E-state index contributed by atoms with van der Waals surface area (Å²) in [5.41, 5.74) is 17.5. The first kappa shape index (κ1) is 13.6. The van der Waals surface area contributed by atoms with Crippen molar-refractivity contribution in [3.8, 4) is 0 Å². The Morgan fingerprint density at radius 3 is 2.35 bits per heavy atom. The zero-order valence-corrected chi connectivity index (χ0v) is 9.36. The zero-order chi connectivity index (χ0) is 13.1. The van der Waals surface area contributed by atoms with Crippen molar-refractivity contribution in [3.05, 3.63) is 39.8 Å². The minimum Gasteiger partial charge on any atom is -0.271 e. The Morgan fingerprint density at radius 2 is 1.94 bits per heavy atom. The van der Waals surface area contributed by atoms with Crippen LogP contribution in [-0.4, -0.2) is 0 Å². The zero-order valence-electron chi connectivity index (χ0n) is 8.47. The molecule has 0 spiro atoms. The van der Waals surface area contributed by atoms with Crippen molar-refractivity contribution in [1.82, 2.24) is 5.09 Å². The Labute approximate surface area is 94.9 Å². The van der Waals surface area contributed by atoms with Crippen LogP contribution in [0, 0.1) is 11.6 Å². The van der Waals surface area contributed by atoms with E-state index < -0.39 is 31.3 Å². The fourth-order valence-corrected chi connectivity index (χ4v) is 1.48. The predicted octanol–water partition coefficient (Wildman–Crippen LogP) is 2.02. The molecule has 1 aromatic rings. The molecule has 5 N–H and O–H groups in total. The van der Waals surface area contributed by atoms with Gasteiger partial charge >= 0.3 is 0 Å². The highest BCUT2D eigenvalue weighted by Crippen LogP contribution is 2.24. The molecular weight excluding hydrogens is 253 g/mol. The molecule has 0 saturated carbocycles. The van der Waals surface area contributed by atoms with Gasteiger partial charge in [0.2, 0.25) is 0 Å². The highest BCUT2D eigenvalue weighted by molar-refractivity contribution is 7.56. The van der Waals surface area contributed by atoms with Gasteiger partial charge in [0.25, 0.3) is 7.59 Å². The summed E-state index contributed by atoms with van der Waals surface area (Å²) in [7, 11) is -3.56. The lowest BCUT2D eigenvalue weighted by molar-refractivity contribution is 0.542. The number of hydrogen-bond acceptors (Lipinski definition) is 2. The molecule has 17 heavy (non-hydrogen) atoms. The first-order valence-electron chi connectivity index (χ1n) is 4.29. The van der Waals surface area contributed by atoms with Crippen LogP contribution < -0.4 is 16.1 Å². The van der Waals surface area contributed by atoms with Gasteiger partial charge in [-0.15, -0.1) is 0 Å². The third kappa shape index (κ3) is 4.10. The molecule has 0 unspecified atom stereocenters. The number of nitrogens with zero attached hydrogens (tertiary/aromatic N) is 3. The summed E-state index contributed by atoms with van der Waals surface area (Å²) in [5, 5.41) is 5.15. The molecule has 1 rings (SSSR count). The first-order valence-corrected chi connectivity index (χ1v) is 6.13.